The average molecular weight is 424 g/mol. The molecule has 1 aromatic rings. The van der Waals surface area contributed by atoms with Crippen LogP contribution in [0.2, 0.25) is 5.02 Å². The fourth-order valence-corrected chi connectivity index (χ4v) is 3.70. The minimum Gasteiger partial charge on any atom is -0.491 e. The maximum absolute atomic E-state index is 12.3. The maximum atomic E-state index is 12.3. The number of halogens is 1. The summed E-state index contributed by atoms with van der Waals surface area (Å²) in [4.78, 5) is 24.5. The van der Waals surface area contributed by atoms with Crippen LogP contribution < -0.4 is 14.8 Å². The molecule has 0 heterocycles. The number of methoxy groups -OCH3 is 1. The van der Waals surface area contributed by atoms with Crippen molar-refractivity contribution in [3.8, 4) is 11.5 Å². The van der Waals surface area contributed by atoms with Crippen molar-refractivity contribution in [2.24, 2.45) is 5.92 Å². The molecule has 0 aromatic heterocycles. The summed E-state index contributed by atoms with van der Waals surface area (Å²) in [5.41, 5.74) is 0.657. The number of hydrogen-bond acceptors (Lipinski definition) is 5. The van der Waals surface area contributed by atoms with E-state index in [2.05, 4.69) is 12.2 Å². The van der Waals surface area contributed by atoms with Gasteiger partial charge in [0.15, 0.2) is 17.6 Å². The molecule has 1 aliphatic rings. The first-order chi connectivity index (χ1) is 13.8. The normalized spacial score (nSPS) is 20.2. The zero-order valence-corrected chi connectivity index (χ0v) is 18.3. The van der Waals surface area contributed by atoms with Crippen molar-refractivity contribution in [2.45, 2.75) is 58.6 Å². The molecule has 0 spiro atoms. The molecule has 0 aliphatic heterocycles. The summed E-state index contributed by atoms with van der Waals surface area (Å²) in [7, 11) is 1.51. The molecule has 1 aliphatic carbocycles. The summed E-state index contributed by atoms with van der Waals surface area (Å²) in [5, 5.41) is 3.38. The minimum absolute atomic E-state index is 0.145. The molecule has 1 amide bonds. The van der Waals surface area contributed by atoms with Crippen LogP contribution in [0.3, 0.4) is 0 Å². The number of amides is 1. The maximum Gasteiger partial charge on any atom is 0.331 e. The number of carbonyl (C=O) groups is 2. The van der Waals surface area contributed by atoms with Gasteiger partial charge in [0.2, 0.25) is 0 Å². The highest BCUT2D eigenvalue weighted by Gasteiger charge is 2.26. The molecule has 1 saturated carbocycles. The molecule has 0 bridgehead atoms. The second-order valence-electron chi connectivity index (χ2n) is 7.26. The number of benzene rings is 1. The van der Waals surface area contributed by atoms with Gasteiger partial charge in [-0.3, -0.25) is 4.79 Å². The zero-order chi connectivity index (χ0) is 21.4. The van der Waals surface area contributed by atoms with Crippen molar-refractivity contribution in [3.05, 3.63) is 28.8 Å². The van der Waals surface area contributed by atoms with Gasteiger partial charge in [-0.25, -0.2) is 4.79 Å². The molecule has 7 heteroatoms. The van der Waals surface area contributed by atoms with E-state index in [9.17, 15) is 9.59 Å². The Morgan fingerprint density at radius 2 is 2.03 bits per heavy atom. The molecule has 6 nitrogen and oxygen atoms in total. The Balaban J connectivity index is 1.95. The van der Waals surface area contributed by atoms with Crippen LogP contribution in [0.5, 0.6) is 11.5 Å². The van der Waals surface area contributed by atoms with Crippen molar-refractivity contribution < 1.29 is 23.8 Å². The Bertz CT molecular complexity index is 749. The van der Waals surface area contributed by atoms with Crippen molar-refractivity contribution in [3.63, 3.8) is 0 Å². The quantitative estimate of drug-likeness (QED) is 0.496. The van der Waals surface area contributed by atoms with Gasteiger partial charge in [0, 0.05) is 12.1 Å². The highest BCUT2D eigenvalue weighted by molar-refractivity contribution is 6.32. The number of carbonyl (C=O) groups excluding carboxylic acids is 2. The lowest BCUT2D eigenvalue weighted by Crippen LogP contribution is -2.45. The largest absolute Gasteiger partial charge is 0.491 e. The third kappa shape index (κ3) is 6.67. The van der Waals surface area contributed by atoms with E-state index in [0.29, 0.717) is 34.6 Å². The first-order valence-corrected chi connectivity index (χ1v) is 10.4. The molecule has 0 unspecified atom stereocenters. The Morgan fingerprint density at radius 3 is 2.69 bits per heavy atom. The molecule has 29 heavy (non-hydrogen) atoms. The second kappa shape index (κ2) is 11.1. The van der Waals surface area contributed by atoms with Crippen LogP contribution in [0, 0.1) is 5.92 Å². The number of rotatable bonds is 8. The summed E-state index contributed by atoms with van der Waals surface area (Å²) < 4.78 is 16.0. The van der Waals surface area contributed by atoms with E-state index >= 15 is 0 Å². The lowest BCUT2D eigenvalue weighted by Gasteiger charge is -2.30. The van der Waals surface area contributed by atoms with Gasteiger partial charge in [-0.05, 0) is 56.4 Å². The monoisotopic (exact) mass is 423 g/mol. The number of ether oxygens (including phenoxy) is 3. The summed E-state index contributed by atoms with van der Waals surface area (Å²) in [5.74, 6) is 0.501. The van der Waals surface area contributed by atoms with Gasteiger partial charge in [0.25, 0.3) is 5.91 Å². The number of esters is 1. The van der Waals surface area contributed by atoms with Gasteiger partial charge < -0.3 is 19.5 Å². The molecule has 1 N–H and O–H groups in total. The van der Waals surface area contributed by atoms with Gasteiger partial charge >= 0.3 is 5.97 Å². The van der Waals surface area contributed by atoms with E-state index in [1.54, 1.807) is 25.1 Å². The molecule has 160 valence electrons. The second-order valence-corrected chi connectivity index (χ2v) is 7.66. The Morgan fingerprint density at radius 1 is 1.31 bits per heavy atom. The van der Waals surface area contributed by atoms with Crippen LogP contribution in [0.25, 0.3) is 6.08 Å². The molecule has 1 fully saturated rings. The predicted octanol–water partition coefficient (Wildman–Crippen LogP) is 4.39. The van der Waals surface area contributed by atoms with Crippen LogP contribution in [0.4, 0.5) is 0 Å². The van der Waals surface area contributed by atoms with Crippen molar-refractivity contribution in [1.82, 2.24) is 5.32 Å². The van der Waals surface area contributed by atoms with Crippen LogP contribution >= 0.6 is 11.6 Å². The summed E-state index contributed by atoms with van der Waals surface area (Å²) in [6.07, 6.45) is 6.35. The summed E-state index contributed by atoms with van der Waals surface area (Å²) in [6.45, 7) is 6.02. The highest BCUT2D eigenvalue weighted by Crippen LogP contribution is 2.36. The van der Waals surface area contributed by atoms with E-state index in [4.69, 9.17) is 25.8 Å². The van der Waals surface area contributed by atoms with Gasteiger partial charge in [0.1, 0.15) is 0 Å². The predicted molar refractivity (Wildman–Crippen MR) is 113 cm³/mol. The fraction of sp³-hybridized carbons (Fsp3) is 0.545. The number of nitrogens with one attached hydrogen (secondary N) is 1. The third-order valence-corrected chi connectivity index (χ3v) is 5.33. The van der Waals surface area contributed by atoms with Crippen molar-refractivity contribution in [2.75, 3.05) is 13.7 Å². The first kappa shape index (κ1) is 23.1. The van der Waals surface area contributed by atoms with E-state index in [1.165, 1.54) is 19.6 Å². The SMILES string of the molecule is CCOc1cc(/C=C/C(=O)O[C@@H](C)C(=O)N[C@H]2CCCC[C@@H]2C)cc(Cl)c1OC. The van der Waals surface area contributed by atoms with Gasteiger partial charge in [-0.2, -0.15) is 0 Å². The molecular formula is C22H30ClNO5. The molecular weight excluding hydrogens is 394 g/mol. The fourth-order valence-electron chi connectivity index (χ4n) is 3.41. The molecule has 0 saturated heterocycles. The molecule has 2 rings (SSSR count). The highest BCUT2D eigenvalue weighted by atomic mass is 35.5. The first-order valence-electron chi connectivity index (χ1n) is 10.0. The Labute approximate surface area is 177 Å². The van der Waals surface area contributed by atoms with Gasteiger partial charge in [-0.1, -0.05) is 31.4 Å². The molecule has 0 radical (unpaired) electrons. The van der Waals surface area contributed by atoms with Crippen LogP contribution in [-0.4, -0.2) is 37.7 Å². The van der Waals surface area contributed by atoms with E-state index in [-0.39, 0.29) is 11.9 Å². The summed E-state index contributed by atoms with van der Waals surface area (Å²) >= 11 is 6.21. The van der Waals surface area contributed by atoms with Crippen LogP contribution in [-0.2, 0) is 14.3 Å². The average Bonchev–Trinajstić information content (AvgIpc) is 2.68. The summed E-state index contributed by atoms with van der Waals surface area (Å²) in [6, 6.07) is 3.53. The van der Waals surface area contributed by atoms with E-state index in [0.717, 1.165) is 19.3 Å². The van der Waals surface area contributed by atoms with Crippen LogP contribution in [0.15, 0.2) is 18.2 Å². The van der Waals surface area contributed by atoms with E-state index in [1.807, 2.05) is 6.92 Å². The minimum atomic E-state index is -0.861. The lowest BCUT2D eigenvalue weighted by atomic mass is 9.86. The number of hydrogen-bond donors (Lipinski definition) is 1. The van der Waals surface area contributed by atoms with Crippen molar-refractivity contribution in [1.29, 1.82) is 0 Å². The molecule has 3 atom stereocenters. The van der Waals surface area contributed by atoms with Crippen molar-refractivity contribution >= 4 is 29.6 Å². The Hall–Kier alpha value is -2.21. The molecule has 1 aromatic carbocycles. The standard InChI is InChI=1S/C22H30ClNO5/c1-5-28-19-13-16(12-17(23)21(19)27-4)10-11-20(25)29-15(3)22(26)24-18-9-7-6-8-14(18)2/h10-15,18H,5-9H2,1-4H3,(H,24,26)/b11-10+/t14-,15-,18-/m0/s1. The third-order valence-electron chi connectivity index (χ3n) is 5.05. The van der Waals surface area contributed by atoms with Gasteiger partial charge in [0.05, 0.1) is 18.7 Å². The smallest absolute Gasteiger partial charge is 0.331 e. The Kier molecular flexibility index (Phi) is 8.83. The van der Waals surface area contributed by atoms with Crippen LogP contribution in [0.1, 0.15) is 52.0 Å². The van der Waals surface area contributed by atoms with Gasteiger partial charge in [-0.15, -0.1) is 0 Å². The van der Waals surface area contributed by atoms with E-state index < -0.39 is 12.1 Å². The lowest BCUT2D eigenvalue weighted by molar-refractivity contribution is -0.150. The topological polar surface area (TPSA) is 73.9 Å². The zero-order valence-electron chi connectivity index (χ0n) is 17.5.